The first-order chi connectivity index (χ1) is 11.6. The van der Waals surface area contributed by atoms with Gasteiger partial charge in [0, 0.05) is 18.2 Å². The number of fused-ring (bicyclic) bond motifs is 1. The number of para-hydroxylation sites is 1. The fourth-order valence-electron chi connectivity index (χ4n) is 2.27. The lowest BCUT2D eigenvalue weighted by Crippen LogP contribution is -2.08. The van der Waals surface area contributed by atoms with Gasteiger partial charge in [-0.1, -0.05) is 30.0 Å². The van der Waals surface area contributed by atoms with Crippen LogP contribution >= 0.6 is 11.8 Å². The van der Waals surface area contributed by atoms with E-state index < -0.39 is 5.97 Å². The zero-order valence-corrected chi connectivity index (χ0v) is 13.9. The number of rotatable bonds is 4. The molecule has 0 unspecified atom stereocenters. The van der Waals surface area contributed by atoms with Gasteiger partial charge in [0.05, 0.1) is 22.0 Å². The number of hydrogen-bond acceptors (Lipinski definition) is 4. The molecule has 2 aromatic carbocycles. The number of benzene rings is 2. The standard InChI is InChI=1S/C19H16N2O2S/c1-21-16-6-2-3-7-17(16)24-18(21)8-4-5-13-20-15-11-9-14(10-12-15)19(22)23/h2-13H,1H3,(H,22,23)/b5-4+,18-8-,20-13+. The summed E-state index contributed by atoms with van der Waals surface area (Å²) in [6.07, 6.45) is 7.54. The van der Waals surface area contributed by atoms with E-state index in [1.807, 2.05) is 30.4 Å². The molecule has 120 valence electrons. The van der Waals surface area contributed by atoms with Crippen LogP contribution in [0.4, 0.5) is 11.4 Å². The van der Waals surface area contributed by atoms with Crippen molar-refractivity contribution in [2.24, 2.45) is 4.99 Å². The van der Waals surface area contributed by atoms with Gasteiger partial charge in [-0.2, -0.15) is 0 Å². The summed E-state index contributed by atoms with van der Waals surface area (Å²) >= 11 is 1.74. The minimum Gasteiger partial charge on any atom is -0.478 e. The average Bonchev–Trinajstić information content (AvgIpc) is 2.91. The molecule has 0 radical (unpaired) electrons. The number of carboxylic acid groups (broad SMARTS) is 1. The zero-order valence-electron chi connectivity index (χ0n) is 13.1. The van der Waals surface area contributed by atoms with Gasteiger partial charge in [0.15, 0.2) is 0 Å². The summed E-state index contributed by atoms with van der Waals surface area (Å²) in [5.74, 6) is -0.934. The van der Waals surface area contributed by atoms with Crippen molar-refractivity contribution < 1.29 is 9.90 Å². The molecule has 1 aliphatic heterocycles. The van der Waals surface area contributed by atoms with E-state index in [-0.39, 0.29) is 5.56 Å². The fraction of sp³-hybridized carbons (Fsp3) is 0.0526. The second kappa shape index (κ2) is 7.19. The van der Waals surface area contributed by atoms with Crippen LogP contribution in [-0.4, -0.2) is 24.3 Å². The molecule has 0 bridgehead atoms. The number of anilines is 1. The summed E-state index contributed by atoms with van der Waals surface area (Å²) in [6.45, 7) is 0. The number of aliphatic imine (C=N–C) groups is 1. The summed E-state index contributed by atoms with van der Waals surface area (Å²) in [5.41, 5.74) is 2.20. The summed E-state index contributed by atoms with van der Waals surface area (Å²) in [4.78, 5) is 18.5. The van der Waals surface area contributed by atoms with Gasteiger partial charge in [0.1, 0.15) is 0 Å². The summed E-state index contributed by atoms with van der Waals surface area (Å²) in [7, 11) is 2.05. The first-order valence-corrected chi connectivity index (χ1v) is 8.22. The molecule has 0 atom stereocenters. The number of nitrogens with zero attached hydrogens (tertiary/aromatic N) is 2. The highest BCUT2D eigenvalue weighted by atomic mass is 32.2. The largest absolute Gasteiger partial charge is 0.478 e. The maximum atomic E-state index is 10.8. The number of carbonyl (C=O) groups is 1. The zero-order chi connectivity index (χ0) is 16.9. The van der Waals surface area contributed by atoms with Gasteiger partial charge in [0.25, 0.3) is 0 Å². The molecule has 2 aromatic rings. The van der Waals surface area contributed by atoms with Crippen LogP contribution in [0.15, 0.2) is 81.7 Å². The molecule has 3 rings (SSSR count). The van der Waals surface area contributed by atoms with Gasteiger partial charge in [0.2, 0.25) is 0 Å². The molecular formula is C19H16N2O2S. The third kappa shape index (κ3) is 3.58. The Labute approximate surface area is 144 Å². The van der Waals surface area contributed by atoms with Gasteiger partial charge in [-0.25, -0.2) is 4.79 Å². The molecule has 0 saturated heterocycles. The van der Waals surface area contributed by atoms with Gasteiger partial charge in [-0.05, 0) is 48.6 Å². The lowest BCUT2D eigenvalue weighted by atomic mass is 10.2. The second-order valence-corrected chi connectivity index (χ2v) is 6.21. The molecular weight excluding hydrogens is 320 g/mol. The van der Waals surface area contributed by atoms with Gasteiger partial charge < -0.3 is 10.0 Å². The van der Waals surface area contributed by atoms with E-state index in [0.717, 1.165) is 10.7 Å². The Hall–Kier alpha value is -2.79. The van der Waals surface area contributed by atoms with Crippen LogP contribution in [0.5, 0.6) is 0 Å². The number of hydrogen-bond donors (Lipinski definition) is 1. The highest BCUT2D eigenvalue weighted by Gasteiger charge is 2.20. The van der Waals surface area contributed by atoms with Crippen LogP contribution in [0.1, 0.15) is 10.4 Å². The number of carboxylic acids is 1. The van der Waals surface area contributed by atoms with Crippen LogP contribution in [-0.2, 0) is 0 Å². The Balaban J connectivity index is 1.62. The van der Waals surface area contributed by atoms with Crippen molar-refractivity contribution in [1.82, 2.24) is 0 Å². The van der Waals surface area contributed by atoms with E-state index in [2.05, 4.69) is 29.1 Å². The van der Waals surface area contributed by atoms with Gasteiger partial charge in [-0.15, -0.1) is 0 Å². The first kappa shape index (κ1) is 16.1. The van der Waals surface area contributed by atoms with E-state index in [4.69, 9.17) is 5.11 Å². The van der Waals surface area contributed by atoms with E-state index in [9.17, 15) is 4.79 Å². The monoisotopic (exact) mass is 336 g/mol. The fourth-order valence-corrected chi connectivity index (χ4v) is 3.34. The Morgan fingerprint density at radius 3 is 2.58 bits per heavy atom. The van der Waals surface area contributed by atoms with Crippen molar-refractivity contribution >= 4 is 35.3 Å². The van der Waals surface area contributed by atoms with E-state index >= 15 is 0 Å². The van der Waals surface area contributed by atoms with Crippen LogP contribution in [0.2, 0.25) is 0 Å². The summed E-state index contributed by atoms with van der Waals surface area (Å²) < 4.78 is 0. The minimum absolute atomic E-state index is 0.259. The first-order valence-electron chi connectivity index (χ1n) is 7.40. The number of aromatic carboxylic acids is 1. The maximum absolute atomic E-state index is 10.8. The Morgan fingerprint density at radius 1 is 1.12 bits per heavy atom. The van der Waals surface area contributed by atoms with E-state index in [1.165, 1.54) is 10.6 Å². The van der Waals surface area contributed by atoms with Gasteiger partial charge in [-0.3, -0.25) is 4.99 Å². The Morgan fingerprint density at radius 2 is 1.88 bits per heavy atom. The minimum atomic E-state index is -0.934. The average molecular weight is 336 g/mol. The molecule has 0 fully saturated rings. The Bertz CT molecular complexity index is 839. The molecule has 0 aliphatic carbocycles. The third-order valence-electron chi connectivity index (χ3n) is 3.55. The SMILES string of the molecule is CN1/C(=C/C=C/C=N/c2ccc(C(=O)O)cc2)Sc2ccccc21. The molecule has 4 nitrogen and oxygen atoms in total. The molecule has 0 spiro atoms. The lowest BCUT2D eigenvalue weighted by Gasteiger charge is -2.12. The summed E-state index contributed by atoms with van der Waals surface area (Å²) in [6, 6.07) is 14.8. The predicted molar refractivity (Wildman–Crippen MR) is 99.5 cm³/mol. The van der Waals surface area contributed by atoms with E-state index in [1.54, 1.807) is 42.2 Å². The lowest BCUT2D eigenvalue weighted by molar-refractivity contribution is 0.0697. The van der Waals surface area contributed by atoms with Crippen LogP contribution in [0.25, 0.3) is 0 Å². The van der Waals surface area contributed by atoms with E-state index in [0.29, 0.717) is 0 Å². The highest BCUT2D eigenvalue weighted by Crippen LogP contribution is 2.44. The molecule has 1 N–H and O–H groups in total. The molecule has 0 aromatic heterocycles. The third-order valence-corrected chi connectivity index (χ3v) is 4.73. The molecule has 0 amide bonds. The molecule has 5 heteroatoms. The van der Waals surface area contributed by atoms with Crippen molar-refractivity contribution in [1.29, 1.82) is 0 Å². The van der Waals surface area contributed by atoms with Gasteiger partial charge >= 0.3 is 5.97 Å². The van der Waals surface area contributed by atoms with Crippen LogP contribution in [0.3, 0.4) is 0 Å². The van der Waals surface area contributed by atoms with Crippen LogP contribution < -0.4 is 4.90 Å². The number of allylic oxidation sites excluding steroid dienone is 3. The quantitative estimate of drug-likeness (QED) is 0.820. The molecule has 1 aliphatic rings. The Kier molecular flexibility index (Phi) is 4.82. The molecule has 0 saturated carbocycles. The smallest absolute Gasteiger partial charge is 0.335 e. The maximum Gasteiger partial charge on any atom is 0.335 e. The normalized spacial score (nSPS) is 15.5. The van der Waals surface area contributed by atoms with Crippen molar-refractivity contribution in [2.45, 2.75) is 4.90 Å². The van der Waals surface area contributed by atoms with Crippen molar-refractivity contribution in [3.63, 3.8) is 0 Å². The molecule has 24 heavy (non-hydrogen) atoms. The summed E-state index contributed by atoms with van der Waals surface area (Å²) in [5, 5.41) is 10.0. The van der Waals surface area contributed by atoms with Crippen molar-refractivity contribution in [3.05, 3.63) is 77.4 Å². The molecule has 1 heterocycles. The topological polar surface area (TPSA) is 52.9 Å². The predicted octanol–water partition coefficient (Wildman–Crippen LogP) is 4.73. The van der Waals surface area contributed by atoms with Crippen molar-refractivity contribution in [3.8, 4) is 0 Å². The van der Waals surface area contributed by atoms with Crippen molar-refractivity contribution in [2.75, 3.05) is 11.9 Å². The highest BCUT2D eigenvalue weighted by molar-refractivity contribution is 8.03. The second-order valence-electron chi connectivity index (χ2n) is 5.15. The van der Waals surface area contributed by atoms with Crippen LogP contribution in [0, 0.1) is 0 Å². The number of thioether (sulfide) groups is 1.